The van der Waals surface area contributed by atoms with Gasteiger partial charge in [-0.25, -0.2) is 4.79 Å². The van der Waals surface area contributed by atoms with Gasteiger partial charge in [0.1, 0.15) is 11.9 Å². The molecule has 2 unspecified atom stereocenters. The van der Waals surface area contributed by atoms with Crippen molar-refractivity contribution < 1.29 is 14.3 Å². The van der Waals surface area contributed by atoms with Gasteiger partial charge in [0.25, 0.3) is 0 Å². The quantitative estimate of drug-likeness (QED) is 0.696. The third-order valence-corrected chi connectivity index (χ3v) is 6.91. The van der Waals surface area contributed by atoms with E-state index in [0.717, 1.165) is 31.2 Å². The van der Waals surface area contributed by atoms with Crippen molar-refractivity contribution >= 4 is 17.6 Å². The Morgan fingerprint density at radius 2 is 1.87 bits per heavy atom. The number of nitrogens with zero attached hydrogens (tertiary/aromatic N) is 2. The molecule has 5 heteroatoms. The molecule has 0 N–H and O–H groups in total. The van der Waals surface area contributed by atoms with E-state index in [2.05, 4.69) is 47.4 Å². The Morgan fingerprint density at radius 3 is 2.60 bits per heavy atom. The van der Waals surface area contributed by atoms with Gasteiger partial charge >= 0.3 is 6.09 Å². The number of hydrogen-bond acceptors (Lipinski definition) is 4. The number of carbonyl (C=O) groups is 2. The van der Waals surface area contributed by atoms with Crippen molar-refractivity contribution in [3.63, 3.8) is 0 Å². The van der Waals surface area contributed by atoms with Gasteiger partial charge < -0.3 is 9.53 Å². The number of Topliss-reactive ketones (excluding diaryl/α,β-unsaturated/α-hetero) is 1. The Balaban J connectivity index is 1.23. The molecule has 2 aromatic rings. The van der Waals surface area contributed by atoms with E-state index in [1.54, 1.807) is 11.8 Å². The molecular weight excluding hydrogens is 376 g/mol. The SMILES string of the molecule is CC(=O)CC[C@H]1CN(c2ccc(C34CC3CN(Cc3ccccc3)C4)cc2)C(=O)O1. The van der Waals surface area contributed by atoms with Gasteiger partial charge in [0.05, 0.1) is 6.54 Å². The smallest absolute Gasteiger partial charge is 0.414 e. The number of anilines is 1. The van der Waals surface area contributed by atoms with Gasteiger partial charge in [-0.05, 0) is 48.9 Å². The molecule has 1 aliphatic carbocycles. The third kappa shape index (κ3) is 3.63. The molecule has 156 valence electrons. The van der Waals surface area contributed by atoms with Crippen LogP contribution in [0.3, 0.4) is 0 Å². The molecule has 2 heterocycles. The van der Waals surface area contributed by atoms with Crippen LogP contribution in [-0.4, -0.2) is 42.5 Å². The first-order valence-electron chi connectivity index (χ1n) is 10.9. The monoisotopic (exact) mass is 404 g/mol. The first-order chi connectivity index (χ1) is 14.5. The molecule has 0 bridgehead atoms. The average Bonchev–Trinajstić information content (AvgIpc) is 3.11. The Bertz CT molecular complexity index is 943. The molecule has 2 saturated heterocycles. The zero-order chi connectivity index (χ0) is 20.7. The van der Waals surface area contributed by atoms with Gasteiger partial charge in [0.2, 0.25) is 0 Å². The van der Waals surface area contributed by atoms with Gasteiger partial charge in [-0.1, -0.05) is 42.5 Å². The van der Waals surface area contributed by atoms with E-state index in [-0.39, 0.29) is 23.4 Å². The molecular formula is C25H28N2O3. The van der Waals surface area contributed by atoms with E-state index in [9.17, 15) is 9.59 Å². The predicted molar refractivity (Wildman–Crippen MR) is 115 cm³/mol. The fourth-order valence-corrected chi connectivity index (χ4v) is 5.22. The molecule has 3 aliphatic rings. The minimum absolute atomic E-state index is 0.130. The minimum Gasteiger partial charge on any atom is -0.444 e. The van der Waals surface area contributed by atoms with Crippen molar-refractivity contribution in [3.05, 3.63) is 65.7 Å². The highest BCUT2D eigenvalue weighted by Gasteiger charge is 2.60. The first kappa shape index (κ1) is 19.3. The molecule has 5 nitrogen and oxygen atoms in total. The van der Waals surface area contributed by atoms with Crippen LogP contribution >= 0.6 is 0 Å². The molecule has 0 radical (unpaired) electrons. The Kier molecular flexibility index (Phi) is 4.86. The zero-order valence-electron chi connectivity index (χ0n) is 17.4. The fraction of sp³-hybridized carbons (Fsp3) is 0.440. The number of rotatable bonds is 7. The van der Waals surface area contributed by atoms with Gasteiger partial charge in [-0.3, -0.25) is 9.80 Å². The normalized spacial score (nSPS) is 27.8. The largest absolute Gasteiger partial charge is 0.444 e. The molecule has 0 spiro atoms. The second-order valence-corrected chi connectivity index (χ2v) is 9.12. The molecule has 0 aromatic heterocycles. The maximum absolute atomic E-state index is 12.3. The van der Waals surface area contributed by atoms with Crippen LogP contribution in [0, 0.1) is 5.92 Å². The number of ether oxygens (including phenoxy) is 1. The van der Waals surface area contributed by atoms with E-state index < -0.39 is 0 Å². The molecule has 2 aliphatic heterocycles. The number of hydrogen-bond donors (Lipinski definition) is 0. The maximum atomic E-state index is 12.3. The number of fused-ring (bicyclic) bond motifs is 1. The number of carbonyl (C=O) groups excluding carboxylic acids is 2. The summed E-state index contributed by atoms with van der Waals surface area (Å²) in [5.41, 5.74) is 3.91. The standard InChI is InChI=1S/C25H28N2O3/c1-18(28)7-12-23-16-27(24(29)30-23)22-10-8-20(9-11-22)25-13-21(25)15-26(17-25)14-19-5-3-2-4-6-19/h2-6,8-11,21,23H,7,12-17H2,1H3/t21?,23-,25?/m0/s1. The van der Waals surface area contributed by atoms with E-state index in [4.69, 9.17) is 4.74 Å². The second kappa shape index (κ2) is 7.55. The van der Waals surface area contributed by atoms with Crippen molar-refractivity contribution in [3.8, 4) is 0 Å². The molecule has 1 amide bonds. The maximum Gasteiger partial charge on any atom is 0.414 e. The average molecular weight is 405 g/mol. The summed E-state index contributed by atoms with van der Waals surface area (Å²) in [5, 5.41) is 0. The van der Waals surface area contributed by atoms with Gasteiger partial charge in [0.15, 0.2) is 0 Å². The molecule has 5 rings (SSSR count). The van der Waals surface area contributed by atoms with E-state index >= 15 is 0 Å². The summed E-state index contributed by atoms with van der Waals surface area (Å²) >= 11 is 0. The summed E-state index contributed by atoms with van der Waals surface area (Å²) in [6, 6.07) is 19.2. The Labute approximate surface area is 177 Å². The van der Waals surface area contributed by atoms with Crippen LogP contribution in [0.5, 0.6) is 0 Å². The lowest BCUT2D eigenvalue weighted by molar-refractivity contribution is -0.117. The van der Waals surface area contributed by atoms with E-state index in [1.165, 1.54) is 17.5 Å². The first-order valence-corrected chi connectivity index (χ1v) is 10.9. The van der Waals surface area contributed by atoms with Crippen LogP contribution in [0.25, 0.3) is 0 Å². The molecule has 3 fully saturated rings. The molecule has 3 atom stereocenters. The van der Waals surface area contributed by atoms with Crippen molar-refractivity contribution in [2.75, 3.05) is 24.5 Å². The van der Waals surface area contributed by atoms with Crippen LogP contribution < -0.4 is 4.90 Å². The predicted octanol–water partition coefficient (Wildman–Crippen LogP) is 4.15. The number of piperidine rings is 1. The van der Waals surface area contributed by atoms with Crippen LogP contribution in [-0.2, 0) is 21.5 Å². The van der Waals surface area contributed by atoms with Gasteiger partial charge in [0, 0.05) is 37.2 Å². The van der Waals surface area contributed by atoms with Crippen LogP contribution in [0.4, 0.5) is 10.5 Å². The lowest BCUT2D eigenvalue weighted by Crippen LogP contribution is -2.26. The summed E-state index contributed by atoms with van der Waals surface area (Å²) in [5.74, 6) is 0.866. The topological polar surface area (TPSA) is 49.9 Å². The highest BCUT2D eigenvalue weighted by Crippen LogP contribution is 2.59. The fourth-order valence-electron chi connectivity index (χ4n) is 5.22. The summed E-state index contributed by atoms with van der Waals surface area (Å²) in [4.78, 5) is 27.7. The van der Waals surface area contributed by atoms with Gasteiger partial charge in [-0.2, -0.15) is 0 Å². The molecule has 1 saturated carbocycles. The third-order valence-electron chi connectivity index (χ3n) is 6.91. The number of likely N-dealkylation sites (tertiary alicyclic amines) is 1. The van der Waals surface area contributed by atoms with Crippen LogP contribution in [0.1, 0.15) is 37.3 Å². The highest BCUT2D eigenvalue weighted by atomic mass is 16.6. The summed E-state index contributed by atoms with van der Waals surface area (Å²) in [6.45, 7) is 5.36. The number of amides is 1. The zero-order valence-corrected chi connectivity index (χ0v) is 17.4. The van der Waals surface area contributed by atoms with Gasteiger partial charge in [-0.15, -0.1) is 0 Å². The minimum atomic E-state index is -0.311. The second-order valence-electron chi connectivity index (χ2n) is 9.12. The lowest BCUT2D eigenvalue weighted by Gasteiger charge is -2.22. The van der Waals surface area contributed by atoms with E-state index in [0.29, 0.717) is 19.4 Å². The summed E-state index contributed by atoms with van der Waals surface area (Å²) in [6.07, 6.45) is 1.80. The van der Waals surface area contributed by atoms with Crippen molar-refractivity contribution in [1.82, 2.24) is 4.90 Å². The van der Waals surface area contributed by atoms with Crippen LogP contribution in [0.15, 0.2) is 54.6 Å². The Hall–Kier alpha value is -2.66. The highest BCUT2D eigenvalue weighted by molar-refractivity contribution is 5.89. The van der Waals surface area contributed by atoms with E-state index in [1.807, 2.05) is 12.1 Å². The number of cyclic esters (lactones) is 1. The Morgan fingerprint density at radius 1 is 1.10 bits per heavy atom. The van der Waals surface area contributed by atoms with Crippen LogP contribution in [0.2, 0.25) is 0 Å². The van der Waals surface area contributed by atoms with Crippen molar-refractivity contribution in [1.29, 1.82) is 0 Å². The summed E-state index contributed by atoms with van der Waals surface area (Å²) < 4.78 is 5.44. The number of ketones is 1. The number of benzene rings is 2. The molecule has 30 heavy (non-hydrogen) atoms. The lowest BCUT2D eigenvalue weighted by atomic mass is 9.94. The summed E-state index contributed by atoms with van der Waals surface area (Å²) in [7, 11) is 0. The van der Waals surface area contributed by atoms with Crippen molar-refractivity contribution in [2.45, 2.75) is 44.2 Å². The molecule has 2 aromatic carbocycles. The van der Waals surface area contributed by atoms with Crippen molar-refractivity contribution in [2.24, 2.45) is 5.92 Å².